The van der Waals surface area contributed by atoms with E-state index in [0.29, 0.717) is 23.8 Å². The van der Waals surface area contributed by atoms with E-state index >= 15 is 0 Å². The largest absolute Gasteiger partial charge is 0.480 e. The van der Waals surface area contributed by atoms with Crippen molar-refractivity contribution in [3.8, 4) is 0 Å². The number of amides is 2. The molecule has 0 saturated heterocycles. The third-order valence-corrected chi connectivity index (χ3v) is 3.69. The summed E-state index contributed by atoms with van der Waals surface area (Å²) < 4.78 is 3.93. The highest BCUT2D eigenvalue weighted by molar-refractivity contribution is 7.09. The Morgan fingerprint density at radius 1 is 1.39 bits per heavy atom. The Morgan fingerprint density at radius 2 is 2.06 bits per heavy atom. The highest BCUT2D eigenvalue weighted by Crippen LogP contribution is 2.30. The van der Waals surface area contributed by atoms with Crippen LogP contribution in [-0.4, -0.2) is 32.0 Å². The number of carbonyl (C=O) groups is 2. The van der Waals surface area contributed by atoms with Gasteiger partial charge >= 0.3 is 12.0 Å². The molecule has 7 nitrogen and oxygen atoms in total. The van der Waals surface area contributed by atoms with Gasteiger partial charge in [-0.25, -0.2) is 14.6 Å². The second-order valence-electron chi connectivity index (χ2n) is 4.32. The maximum atomic E-state index is 11.7. The number of aromatic nitrogens is 2. The van der Waals surface area contributed by atoms with Gasteiger partial charge in [-0.15, -0.1) is 0 Å². The van der Waals surface area contributed by atoms with Crippen LogP contribution in [0, 0.1) is 6.92 Å². The molecule has 2 amide bonds. The van der Waals surface area contributed by atoms with E-state index in [2.05, 4.69) is 20.0 Å². The first kappa shape index (κ1) is 12.7. The molecule has 1 aliphatic carbocycles. The van der Waals surface area contributed by atoms with E-state index < -0.39 is 17.5 Å². The van der Waals surface area contributed by atoms with E-state index in [1.165, 1.54) is 0 Å². The second kappa shape index (κ2) is 4.89. The van der Waals surface area contributed by atoms with Gasteiger partial charge in [0.25, 0.3) is 0 Å². The topological polar surface area (TPSA) is 104 Å². The fourth-order valence-electron chi connectivity index (χ4n) is 2.06. The Hall–Kier alpha value is -1.70. The fraction of sp³-hybridized carbons (Fsp3) is 0.600. The summed E-state index contributed by atoms with van der Waals surface area (Å²) in [7, 11) is 0. The first-order chi connectivity index (χ1) is 8.52. The molecule has 1 aliphatic rings. The highest BCUT2D eigenvalue weighted by Gasteiger charge is 2.42. The summed E-state index contributed by atoms with van der Waals surface area (Å²) in [5.74, 6) is -0.410. The molecule has 0 unspecified atom stereocenters. The van der Waals surface area contributed by atoms with Gasteiger partial charge in [0.05, 0.1) is 0 Å². The number of anilines is 1. The lowest BCUT2D eigenvalue weighted by Crippen LogP contribution is -2.53. The van der Waals surface area contributed by atoms with Crippen LogP contribution < -0.4 is 10.6 Å². The molecular formula is C10H14N4O3S. The van der Waals surface area contributed by atoms with E-state index in [9.17, 15) is 14.7 Å². The van der Waals surface area contributed by atoms with Crippen LogP contribution in [-0.2, 0) is 4.79 Å². The zero-order valence-corrected chi connectivity index (χ0v) is 10.7. The van der Waals surface area contributed by atoms with Gasteiger partial charge in [0.1, 0.15) is 11.4 Å². The number of hydrogen-bond acceptors (Lipinski definition) is 5. The van der Waals surface area contributed by atoms with E-state index in [4.69, 9.17) is 0 Å². The number of nitrogens with zero attached hydrogens (tertiary/aromatic N) is 2. The van der Waals surface area contributed by atoms with Gasteiger partial charge in [0.15, 0.2) is 0 Å². The molecule has 1 aromatic heterocycles. The van der Waals surface area contributed by atoms with Gasteiger partial charge in [-0.05, 0) is 19.8 Å². The van der Waals surface area contributed by atoms with E-state index in [0.717, 1.165) is 24.4 Å². The van der Waals surface area contributed by atoms with Crippen molar-refractivity contribution in [2.75, 3.05) is 5.32 Å². The molecule has 1 heterocycles. The molecule has 8 heteroatoms. The molecule has 0 aliphatic heterocycles. The Balaban J connectivity index is 1.99. The number of carbonyl (C=O) groups excluding carboxylic acids is 1. The van der Waals surface area contributed by atoms with Crippen LogP contribution in [0.3, 0.4) is 0 Å². The van der Waals surface area contributed by atoms with Gasteiger partial charge in [-0.2, -0.15) is 4.37 Å². The molecule has 3 N–H and O–H groups in total. The molecule has 1 fully saturated rings. The minimum Gasteiger partial charge on any atom is -0.480 e. The van der Waals surface area contributed by atoms with Crippen LogP contribution >= 0.6 is 11.5 Å². The lowest BCUT2D eigenvalue weighted by Gasteiger charge is -2.24. The molecule has 0 aromatic carbocycles. The minimum atomic E-state index is -1.14. The summed E-state index contributed by atoms with van der Waals surface area (Å²) in [4.78, 5) is 27.0. The molecule has 98 valence electrons. The lowest BCUT2D eigenvalue weighted by atomic mass is 9.98. The standard InChI is InChI=1S/C10H14N4O3S/c1-6-11-9(18-14-6)12-8(17)13-10(7(15)16)4-2-3-5-10/h2-5H2,1H3,(H,15,16)(H2,11,12,13,14,17). The predicted octanol–water partition coefficient (Wildman–Crippen LogP) is 1.37. The number of rotatable bonds is 3. The van der Waals surface area contributed by atoms with E-state index in [1.807, 2.05) is 0 Å². The van der Waals surface area contributed by atoms with Gasteiger partial charge in [0.2, 0.25) is 5.13 Å². The SMILES string of the molecule is Cc1nsc(NC(=O)NC2(C(=O)O)CCCC2)n1. The molecule has 0 bridgehead atoms. The van der Waals surface area contributed by atoms with E-state index in [-0.39, 0.29) is 0 Å². The predicted molar refractivity (Wildman–Crippen MR) is 65.6 cm³/mol. The number of nitrogens with one attached hydrogen (secondary N) is 2. The van der Waals surface area contributed by atoms with Crippen LogP contribution in [0.25, 0.3) is 0 Å². The lowest BCUT2D eigenvalue weighted by molar-refractivity contribution is -0.144. The second-order valence-corrected chi connectivity index (χ2v) is 5.07. The number of hydrogen-bond donors (Lipinski definition) is 3. The summed E-state index contributed by atoms with van der Waals surface area (Å²) in [6.07, 6.45) is 2.55. The Bertz CT molecular complexity index is 467. The molecule has 0 radical (unpaired) electrons. The van der Waals surface area contributed by atoms with Crippen LogP contribution in [0.1, 0.15) is 31.5 Å². The maximum Gasteiger partial charge on any atom is 0.329 e. The monoisotopic (exact) mass is 270 g/mol. The third kappa shape index (κ3) is 2.58. The van der Waals surface area contributed by atoms with Crippen LogP contribution in [0.2, 0.25) is 0 Å². The van der Waals surface area contributed by atoms with Gasteiger partial charge in [-0.3, -0.25) is 5.32 Å². The first-order valence-electron chi connectivity index (χ1n) is 5.65. The van der Waals surface area contributed by atoms with Gasteiger partial charge < -0.3 is 10.4 Å². The third-order valence-electron chi connectivity index (χ3n) is 2.97. The molecule has 0 spiro atoms. The van der Waals surface area contributed by atoms with Crippen molar-refractivity contribution in [2.24, 2.45) is 0 Å². The Morgan fingerprint density at radius 3 is 2.56 bits per heavy atom. The fourth-order valence-corrected chi connectivity index (χ4v) is 2.64. The first-order valence-corrected chi connectivity index (χ1v) is 6.42. The van der Waals surface area contributed by atoms with Gasteiger partial charge in [-0.1, -0.05) is 12.8 Å². The van der Waals surface area contributed by atoms with Gasteiger partial charge in [0, 0.05) is 11.5 Å². The zero-order chi connectivity index (χ0) is 13.2. The molecule has 1 aromatic rings. The quantitative estimate of drug-likeness (QED) is 0.769. The maximum absolute atomic E-state index is 11.7. The molecular weight excluding hydrogens is 256 g/mol. The molecule has 18 heavy (non-hydrogen) atoms. The number of aryl methyl sites for hydroxylation is 1. The summed E-state index contributed by atoms with van der Waals surface area (Å²) in [5.41, 5.74) is -1.14. The van der Waals surface area contributed by atoms with Crippen molar-refractivity contribution in [3.05, 3.63) is 5.82 Å². The summed E-state index contributed by atoms with van der Waals surface area (Å²) in [6, 6.07) is -0.546. The van der Waals surface area contributed by atoms with Crippen molar-refractivity contribution < 1.29 is 14.7 Å². The summed E-state index contributed by atoms with van der Waals surface area (Å²) in [5, 5.41) is 14.6. The smallest absolute Gasteiger partial charge is 0.329 e. The molecule has 1 saturated carbocycles. The van der Waals surface area contributed by atoms with Crippen molar-refractivity contribution in [1.29, 1.82) is 0 Å². The number of urea groups is 1. The average molecular weight is 270 g/mol. The van der Waals surface area contributed by atoms with Crippen molar-refractivity contribution in [1.82, 2.24) is 14.7 Å². The van der Waals surface area contributed by atoms with E-state index in [1.54, 1.807) is 6.92 Å². The normalized spacial score (nSPS) is 17.4. The summed E-state index contributed by atoms with van der Waals surface area (Å²) in [6.45, 7) is 1.72. The number of carboxylic acid groups (broad SMARTS) is 1. The summed E-state index contributed by atoms with van der Waals surface area (Å²) >= 11 is 1.06. The number of carboxylic acids is 1. The zero-order valence-electron chi connectivity index (χ0n) is 9.89. The van der Waals surface area contributed by atoms with Crippen LogP contribution in [0.4, 0.5) is 9.93 Å². The van der Waals surface area contributed by atoms with Crippen molar-refractivity contribution in [2.45, 2.75) is 38.1 Å². The number of aliphatic carboxylic acids is 1. The average Bonchev–Trinajstić information content (AvgIpc) is 2.89. The Labute approximate surface area is 108 Å². The van der Waals surface area contributed by atoms with Crippen LogP contribution in [0.5, 0.6) is 0 Å². The van der Waals surface area contributed by atoms with Crippen LogP contribution in [0.15, 0.2) is 0 Å². The molecule has 0 atom stereocenters. The molecule has 2 rings (SSSR count). The van der Waals surface area contributed by atoms with Crippen molar-refractivity contribution >= 4 is 28.7 Å². The Kier molecular flexibility index (Phi) is 3.46. The van der Waals surface area contributed by atoms with Crippen molar-refractivity contribution in [3.63, 3.8) is 0 Å². The highest BCUT2D eigenvalue weighted by atomic mass is 32.1. The minimum absolute atomic E-state index is 0.364.